The van der Waals surface area contributed by atoms with Crippen LogP contribution in [0.4, 0.5) is 5.82 Å². The highest BCUT2D eigenvalue weighted by molar-refractivity contribution is 7.71. The highest BCUT2D eigenvalue weighted by atomic mass is 32.1. The Bertz CT molecular complexity index is 1070. The predicted octanol–water partition coefficient (Wildman–Crippen LogP) is 4.15. The summed E-state index contributed by atoms with van der Waals surface area (Å²) in [4.78, 5) is 17.7. The third-order valence-corrected chi connectivity index (χ3v) is 5.42. The highest BCUT2D eigenvalue weighted by Crippen LogP contribution is 2.28. The van der Waals surface area contributed by atoms with Crippen molar-refractivity contribution in [2.75, 3.05) is 12.0 Å². The summed E-state index contributed by atoms with van der Waals surface area (Å²) in [6.45, 7) is 5.42. The molecule has 0 radical (unpaired) electrons. The smallest absolute Gasteiger partial charge is 0.258 e. The zero-order valence-corrected chi connectivity index (χ0v) is 16.2. The van der Waals surface area contributed by atoms with Crippen LogP contribution in [0.5, 0.6) is 0 Å². The first kappa shape index (κ1) is 17.7. The maximum Gasteiger partial charge on any atom is 0.258 e. The van der Waals surface area contributed by atoms with Gasteiger partial charge >= 0.3 is 0 Å². The van der Waals surface area contributed by atoms with Crippen molar-refractivity contribution in [2.24, 2.45) is 0 Å². The Morgan fingerprint density at radius 1 is 1.07 bits per heavy atom. The number of H-pyrrole nitrogens is 1. The first-order valence-electron chi connectivity index (χ1n) is 9.02. The number of nitrogens with zero attached hydrogens (tertiary/aromatic N) is 2. The van der Waals surface area contributed by atoms with E-state index in [1.165, 1.54) is 11.1 Å². The van der Waals surface area contributed by atoms with Crippen LogP contribution >= 0.6 is 12.2 Å². The number of nitrogens with one attached hydrogen (secondary N) is 2. The molecule has 5 nitrogen and oxygen atoms in total. The molecule has 0 fully saturated rings. The average molecular weight is 379 g/mol. The molecule has 27 heavy (non-hydrogen) atoms. The minimum absolute atomic E-state index is 0.129. The second-order valence-corrected chi connectivity index (χ2v) is 7.31. The van der Waals surface area contributed by atoms with Gasteiger partial charge in [0, 0.05) is 18.3 Å². The molecule has 0 unspecified atom stereocenters. The van der Waals surface area contributed by atoms with Gasteiger partial charge in [-0.3, -0.25) is 19.2 Å². The van der Waals surface area contributed by atoms with E-state index >= 15 is 0 Å². The first-order valence-corrected chi connectivity index (χ1v) is 9.43. The lowest BCUT2D eigenvalue weighted by atomic mass is 10.1. The molecule has 1 aliphatic heterocycles. The van der Waals surface area contributed by atoms with E-state index in [0.717, 1.165) is 11.5 Å². The van der Waals surface area contributed by atoms with Gasteiger partial charge in [-0.25, -0.2) is 0 Å². The molecule has 0 saturated heterocycles. The fraction of sp³-hybridized carbons (Fsp3) is 0.238. The fourth-order valence-corrected chi connectivity index (χ4v) is 3.79. The zero-order valence-electron chi connectivity index (χ0n) is 15.4. The number of anilines is 1. The predicted molar refractivity (Wildman–Crippen MR) is 111 cm³/mol. The summed E-state index contributed by atoms with van der Waals surface area (Å²) in [6.07, 6.45) is 0. The third-order valence-electron chi connectivity index (χ3n) is 5.14. The Morgan fingerprint density at radius 3 is 2.48 bits per heavy atom. The van der Waals surface area contributed by atoms with Gasteiger partial charge in [-0.05, 0) is 43.8 Å². The van der Waals surface area contributed by atoms with Crippen molar-refractivity contribution < 1.29 is 0 Å². The van der Waals surface area contributed by atoms with Crippen molar-refractivity contribution in [2.45, 2.75) is 26.4 Å². The number of benzene rings is 2. The van der Waals surface area contributed by atoms with Gasteiger partial charge in [-0.1, -0.05) is 48.0 Å². The molecular formula is C21H22N4OS. The van der Waals surface area contributed by atoms with E-state index in [1.54, 1.807) is 0 Å². The molecular weight excluding hydrogens is 356 g/mol. The molecule has 3 aromatic rings. The molecule has 2 aromatic carbocycles. The Labute approximate surface area is 163 Å². The summed E-state index contributed by atoms with van der Waals surface area (Å²) in [7, 11) is 0. The summed E-state index contributed by atoms with van der Waals surface area (Å²) in [5.41, 5.74) is 3.93. The van der Waals surface area contributed by atoms with Gasteiger partial charge in [0.1, 0.15) is 5.82 Å². The number of hydrogen-bond donors (Lipinski definition) is 2. The second kappa shape index (κ2) is 7.13. The fourth-order valence-electron chi connectivity index (χ4n) is 3.50. The normalized spacial score (nSPS) is 15.0. The van der Waals surface area contributed by atoms with Gasteiger partial charge in [0.05, 0.1) is 12.2 Å². The average Bonchev–Trinajstić information content (AvgIpc) is 2.69. The maximum atomic E-state index is 12.6. The molecule has 0 spiro atoms. The zero-order chi connectivity index (χ0) is 19.0. The van der Waals surface area contributed by atoms with E-state index in [0.29, 0.717) is 23.5 Å². The third kappa shape index (κ3) is 3.34. The van der Waals surface area contributed by atoms with Crippen LogP contribution < -0.4 is 10.9 Å². The Kier molecular flexibility index (Phi) is 4.68. The largest absolute Gasteiger partial charge is 0.358 e. The molecule has 0 aliphatic carbocycles. The van der Waals surface area contributed by atoms with E-state index in [1.807, 2.05) is 54.0 Å². The standard InChI is InChI=1S/C21H22N4OS/c1-14-8-10-17(11-9-14)25-19-18(20(26)23-21(25)27)12-24(13-22-19)15(2)16-6-4-3-5-7-16/h3-11,15,22H,12-13H2,1-2H3,(H,23,26,27)/t15-/m1/s1. The topological polar surface area (TPSA) is 53.1 Å². The van der Waals surface area contributed by atoms with Gasteiger partial charge in [-0.15, -0.1) is 0 Å². The summed E-state index contributed by atoms with van der Waals surface area (Å²) < 4.78 is 2.32. The number of aromatic nitrogens is 2. The van der Waals surface area contributed by atoms with Crippen molar-refractivity contribution in [1.82, 2.24) is 14.5 Å². The molecule has 2 N–H and O–H groups in total. The number of rotatable bonds is 3. The van der Waals surface area contributed by atoms with Crippen LogP contribution in [0.1, 0.15) is 29.7 Å². The van der Waals surface area contributed by atoms with E-state index in [9.17, 15) is 4.79 Å². The van der Waals surface area contributed by atoms with Gasteiger partial charge in [0.15, 0.2) is 4.77 Å². The van der Waals surface area contributed by atoms with Crippen LogP contribution in [0.2, 0.25) is 0 Å². The Hall–Kier alpha value is -2.70. The molecule has 0 amide bonds. The van der Waals surface area contributed by atoms with Gasteiger partial charge < -0.3 is 5.32 Å². The lowest BCUT2D eigenvalue weighted by Gasteiger charge is -2.35. The molecule has 0 bridgehead atoms. The first-order chi connectivity index (χ1) is 13.0. The van der Waals surface area contributed by atoms with Crippen LogP contribution in [0.25, 0.3) is 5.69 Å². The van der Waals surface area contributed by atoms with Gasteiger partial charge in [-0.2, -0.15) is 0 Å². The van der Waals surface area contributed by atoms with Crippen molar-refractivity contribution in [3.8, 4) is 5.69 Å². The minimum atomic E-state index is -0.129. The number of aromatic amines is 1. The lowest BCUT2D eigenvalue weighted by Crippen LogP contribution is -2.40. The summed E-state index contributed by atoms with van der Waals surface area (Å²) >= 11 is 5.45. The molecule has 1 aliphatic rings. The number of hydrogen-bond acceptors (Lipinski definition) is 4. The van der Waals surface area contributed by atoms with Crippen molar-refractivity contribution in [1.29, 1.82) is 0 Å². The Morgan fingerprint density at radius 2 is 1.78 bits per heavy atom. The van der Waals surface area contributed by atoms with Crippen molar-refractivity contribution in [3.63, 3.8) is 0 Å². The molecule has 6 heteroatoms. The van der Waals surface area contributed by atoms with Crippen LogP contribution in [-0.2, 0) is 6.54 Å². The van der Waals surface area contributed by atoms with E-state index in [4.69, 9.17) is 12.2 Å². The molecule has 4 rings (SSSR count). The van der Waals surface area contributed by atoms with Crippen LogP contribution in [0.3, 0.4) is 0 Å². The van der Waals surface area contributed by atoms with Crippen molar-refractivity contribution in [3.05, 3.63) is 86.4 Å². The van der Waals surface area contributed by atoms with Crippen LogP contribution in [0, 0.1) is 11.7 Å². The highest BCUT2D eigenvalue weighted by Gasteiger charge is 2.26. The summed E-state index contributed by atoms with van der Waals surface area (Å²) in [6, 6.07) is 18.6. The monoisotopic (exact) mass is 378 g/mol. The SMILES string of the molecule is Cc1ccc(-n2c3c(c(=O)[nH]c2=S)CN([C@H](C)c2ccccc2)CN3)cc1. The molecule has 0 saturated carbocycles. The van der Waals surface area contributed by atoms with Crippen LogP contribution in [0.15, 0.2) is 59.4 Å². The van der Waals surface area contributed by atoms with E-state index in [2.05, 4.69) is 34.3 Å². The number of aryl methyl sites for hydroxylation is 1. The van der Waals surface area contributed by atoms with E-state index < -0.39 is 0 Å². The quantitative estimate of drug-likeness (QED) is 0.672. The van der Waals surface area contributed by atoms with Gasteiger partial charge in [0.25, 0.3) is 5.56 Å². The minimum Gasteiger partial charge on any atom is -0.358 e. The van der Waals surface area contributed by atoms with E-state index in [-0.39, 0.29) is 11.6 Å². The molecule has 138 valence electrons. The maximum absolute atomic E-state index is 12.6. The summed E-state index contributed by atoms with van der Waals surface area (Å²) in [5.74, 6) is 0.782. The van der Waals surface area contributed by atoms with Gasteiger partial charge in [0.2, 0.25) is 0 Å². The molecule has 1 aromatic heterocycles. The lowest BCUT2D eigenvalue weighted by molar-refractivity contribution is 0.207. The summed E-state index contributed by atoms with van der Waals surface area (Å²) in [5, 5.41) is 3.43. The Balaban J connectivity index is 1.74. The van der Waals surface area contributed by atoms with Crippen molar-refractivity contribution >= 4 is 18.0 Å². The molecule has 2 heterocycles. The van der Waals surface area contributed by atoms with Crippen LogP contribution in [-0.4, -0.2) is 21.1 Å². The number of fused-ring (bicyclic) bond motifs is 1. The molecule has 1 atom stereocenters. The second-order valence-electron chi connectivity index (χ2n) is 6.93.